The van der Waals surface area contributed by atoms with Gasteiger partial charge in [-0.05, 0) is 109 Å². The predicted octanol–water partition coefficient (Wildman–Crippen LogP) is 5.33. The highest BCUT2D eigenvalue weighted by Gasteiger charge is 2.55. The van der Waals surface area contributed by atoms with Crippen LogP contribution in [0.15, 0.2) is 18.3 Å². The molecular formula is C29H40BN3O4. The molecule has 2 aromatic rings. The smallest absolute Gasteiger partial charge is 0.444 e. The minimum absolute atomic E-state index is 0.0804. The number of imidazole rings is 1. The minimum Gasteiger partial charge on any atom is -0.444 e. The van der Waals surface area contributed by atoms with Gasteiger partial charge in [-0.15, -0.1) is 0 Å². The van der Waals surface area contributed by atoms with Crippen molar-refractivity contribution in [2.24, 2.45) is 5.41 Å². The summed E-state index contributed by atoms with van der Waals surface area (Å²) in [6.45, 7) is 14.9. The van der Waals surface area contributed by atoms with Crippen LogP contribution in [0.3, 0.4) is 0 Å². The lowest BCUT2D eigenvalue weighted by molar-refractivity contribution is 0.00578. The summed E-state index contributed by atoms with van der Waals surface area (Å²) in [7, 11) is -0.348. The Morgan fingerprint density at radius 3 is 2.43 bits per heavy atom. The molecule has 1 atom stereocenters. The number of H-pyrrole nitrogens is 1. The van der Waals surface area contributed by atoms with Crippen LogP contribution in [0.25, 0.3) is 11.3 Å². The minimum atomic E-state index is -0.519. The van der Waals surface area contributed by atoms with Crippen molar-refractivity contribution in [3.63, 3.8) is 0 Å². The number of benzene rings is 1. The largest absolute Gasteiger partial charge is 0.495 e. The Kier molecular flexibility index (Phi) is 5.47. The maximum absolute atomic E-state index is 13.1. The fraction of sp³-hybridized carbons (Fsp3) is 0.655. The molecule has 0 radical (unpaired) electrons. The SMILES string of the molecule is CC(C)(C)OC(=O)N1CC2(CC2)C[C@H]1c1ncc(-c2ccc(B3OC(C)(C)C(C)(C)O3)c3c2CCC3)[nH]1. The monoisotopic (exact) mass is 505 g/mol. The molecule has 2 saturated heterocycles. The van der Waals surface area contributed by atoms with Gasteiger partial charge in [-0.1, -0.05) is 12.1 Å². The highest BCUT2D eigenvalue weighted by molar-refractivity contribution is 6.62. The second-order valence-electron chi connectivity index (χ2n) is 13.6. The number of fused-ring (bicyclic) bond motifs is 1. The molecule has 1 amide bonds. The van der Waals surface area contributed by atoms with E-state index in [0.717, 1.165) is 49.2 Å². The van der Waals surface area contributed by atoms with E-state index in [1.165, 1.54) is 29.5 Å². The van der Waals surface area contributed by atoms with E-state index in [-0.39, 0.29) is 35.9 Å². The van der Waals surface area contributed by atoms with Crippen LogP contribution in [0.1, 0.15) is 97.1 Å². The molecular weight excluding hydrogens is 465 g/mol. The fourth-order valence-electron chi connectivity index (χ4n) is 6.17. The van der Waals surface area contributed by atoms with Gasteiger partial charge in [0.2, 0.25) is 0 Å². The number of carbonyl (C=O) groups excluding carboxylic acids is 1. The first-order valence-corrected chi connectivity index (χ1v) is 13.8. The second kappa shape index (κ2) is 8.09. The van der Waals surface area contributed by atoms with Gasteiger partial charge < -0.3 is 19.0 Å². The highest BCUT2D eigenvalue weighted by atomic mass is 16.7. The summed E-state index contributed by atoms with van der Waals surface area (Å²) in [5.74, 6) is 0.853. The molecule has 1 aromatic carbocycles. The van der Waals surface area contributed by atoms with Crippen LogP contribution in [0.5, 0.6) is 0 Å². The Balaban J connectivity index is 1.29. The predicted molar refractivity (Wildman–Crippen MR) is 144 cm³/mol. The van der Waals surface area contributed by atoms with E-state index in [0.29, 0.717) is 0 Å². The lowest BCUT2D eigenvalue weighted by atomic mass is 9.74. The molecule has 37 heavy (non-hydrogen) atoms. The van der Waals surface area contributed by atoms with Gasteiger partial charge >= 0.3 is 13.2 Å². The number of rotatable bonds is 3. The van der Waals surface area contributed by atoms with E-state index in [2.05, 4.69) is 44.8 Å². The lowest BCUT2D eigenvalue weighted by Gasteiger charge is -2.32. The third-order valence-electron chi connectivity index (χ3n) is 9.12. The molecule has 3 heterocycles. The van der Waals surface area contributed by atoms with Crippen molar-refractivity contribution in [2.45, 2.75) is 110 Å². The summed E-state index contributed by atoms with van der Waals surface area (Å²) >= 11 is 0. The van der Waals surface area contributed by atoms with Gasteiger partial charge in [-0.2, -0.15) is 0 Å². The average Bonchev–Trinajstić information content (AvgIpc) is 3.20. The summed E-state index contributed by atoms with van der Waals surface area (Å²) in [5, 5.41) is 0. The molecule has 8 heteroatoms. The molecule has 7 nitrogen and oxygen atoms in total. The fourth-order valence-corrected chi connectivity index (χ4v) is 6.17. The zero-order valence-corrected chi connectivity index (χ0v) is 23.4. The molecule has 0 unspecified atom stereocenters. The van der Waals surface area contributed by atoms with E-state index < -0.39 is 5.60 Å². The second-order valence-corrected chi connectivity index (χ2v) is 13.6. The molecule has 0 bridgehead atoms. The molecule has 4 aliphatic rings. The number of amides is 1. The van der Waals surface area contributed by atoms with Crippen molar-refractivity contribution in [3.8, 4) is 11.3 Å². The molecule has 3 fully saturated rings. The van der Waals surface area contributed by atoms with Gasteiger partial charge in [-0.3, -0.25) is 4.90 Å². The molecule has 2 aliphatic heterocycles. The maximum atomic E-state index is 13.1. The number of nitrogens with zero attached hydrogens (tertiary/aromatic N) is 2. The summed E-state index contributed by atoms with van der Waals surface area (Å²) in [6.07, 6.45) is 8.16. The number of ether oxygens (including phenoxy) is 1. The van der Waals surface area contributed by atoms with Gasteiger partial charge in [0.1, 0.15) is 11.4 Å². The van der Waals surface area contributed by atoms with Gasteiger partial charge in [0, 0.05) is 12.1 Å². The van der Waals surface area contributed by atoms with Crippen molar-refractivity contribution < 1.29 is 18.8 Å². The van der Waals surface area contributed by atoms with Crippen LogP contribution >= 0.6 is 0 Å². The topological polar surface area (TPSA) is 76.7 Å². The Morgan fingerprint density at radius 1 is 1.11 bits per heavy atom. The normalized spacial score (nSPS) is 25.1. The van der Waals surface area contributed by atoms with Crippen molar-refractivity contribution in [1.82, 2.24) is 14.9 Å². The zero-order valence-electron chi connectivity index (χ0n) is 23.4. The van der Waals surface area contributed by atoms with E-state index in [4.69, 9.17) is 19.0 Å². The lowest BCUT2D eigenvalue weighted by Crippen LogP contribution is -2.41. The van der Waals surface area contributed by atoms with Crippen LogP contribution in [0.4, 0.5) is 4.79 Å². The van der Waals surface area contributed by atoms with Gasteiger partial charge in [0.25, 0.3) is 0 Å². The van der Waals surface area contributed by atoms with Gasteiger partial charge in [0.05, 0.1) is 29.1 Å². The molecule has 1 saturated carbocycles. The quantitative estimate of drug-likeness (QED) is 0.571. The zero-order chi connectivity index (χ0) is 26.4. The first-order chi connectivity index (χ1) is 17.3. The van der Waals surface area contributed by atoms with E-state index in [1.54, 1.807) is 0 Å². The molecule has 6 rings (SSSR count). The summed E-state index contributed by atoms with van der Waals surface area (Å²) < 4.78 is 18.5. The number of likely N-dealkylation sites (tertiary alicyclic amines) is 1. The third-order valence-corrected chi connectivity index (χ3v) is 9.12. The number of carbonyl (C=O) groups is 1. The maximum Gasteiger partial charge on any atom is 0.495 e. The van der Waals surface area contributed by atoms with Gasteiger partial charge in [0.15, 0.2) is 0 Å². The summed E-state index contributed by atoms with van der Waals surface area (Å²) in [4.78, 5) is 23.4. The average molecular weight is 505 g/mol. The van der Waals surface area contributed by atoms with Crippen molar-refractivity contribution >= 4 is 18.7 Å². The van der Waals surface area contributed by atoms with E-state index in [9.17, 15) is 4.79 Å². The first-order valence-electron chi connectivity index (χ1n) is 13.8. The number of aromatic nitrogens is 2. The summed E-state index contributed by atoms with van der Waals surface area (Å²) in [6, 6.07) is 4.28. The number of nitrogens with one attached hydrogen (secondary N) is 1. The Bertz CT molecular complexity index is 1220. The van der Waals surface area contributed by atoms with Crippen molar-refractivity contribution in [2.75, 3.05) is 6.54 Å². The third kappa shape index (κ3) is 4.30. The highest BCUT2D eigenvalue weighted by Crippen LogP contribution is 2.58. The van der Waals surface area contributed by atoms with E-state index >= 15 is 0 Å². The van der Waals surface area contributed by atoms with Crippen LogP contribution in [0, 0.1) is 5.41 Å². The van der Waals surface area contributed by atoms with Gasteiger partial charge in [-0.25, -0.2) is 9.78 Å². The molecule has 2 aliphatic carbocycles. The van der Waals surface area contributed by atoms with Crippen LogP contribution in [0.2, 0.25) is 0 Å². The molecule has 1 spiro atoms. The first kappa shape index (κ1) is 25.0. The molecule has 198 valence electrons. The number of hydrogen-bond acceptors (Lipinski definition) is 5. The number of hydrogen-bond donors (Lipinski definition) is 1. The van der Waals surface area contributed by atoms with Crippen molar-refractivity contribution in [1.29, 1.82) is 0 Å². The van der Waals surface area contributed by atoms with Crippen LogP contribution < -0.4 is 5.46 Å². The number of aromatic amines is 1. The summed E-state index contributed by atoms with van der Waals surface area (Å²) in [5.41, 5.74) is 5.05. The van der Waals surface area contributed by atoms with Crippen LogP contribution in [-0.4, -0.2) is 51.4 Å². The van der Waals surface area contributed by atoms with Crippen molar-refractivity contribution in [3.05, 3.63) is 35.3 Å². The van der Waals surface area contributed by atoms with Crippen LogP contribution in [-0.2, 0) is 26.9 Å². The standard InChI is InChI=1S/C29H40BN3O4/c1-26(2,3)35-25(34)33-17-29(13-14-29)15-23(33)24-31-16-22(32-24)20-11-12-21(19-10-8-9-18(19)20)30-36-27(4,5)28(6,7)37-30/h11-12,16,23H,8-10,13-15,17H2,1-7H3,(H,31,32)/t23-/m0/s1. The molecule has 1 N–H and O–H groups in total. The van der Waals surface area contributed by atoms with E-state index in [1.807, 2.05) is 31.9 Å². The Morgan fingerprint density at radius 2 is 1.78 bits per heavy atom. The molecule has 1 aromatic heterocycles. The Labute approximate surface area is 220 Å². The Hall–Kier alpha value is -2.32.